The highest BCUT2D eigenvalue weighted by molar-refractivity contribution is 5.68. The third-order valence-corrected chi connectivity index (χ3v) is 4.65. The molecule has 4 aromatic rings. The summed E-state index contributed by atoms with van der Waals surface area (Å²) in [6.07, 6.45) is 1.33. The molecule has 0 aliphatic carbocycles. The summed E-state index contributed by atoms with van der Waals surface area (Å²) in [7, 11) is 1.60. The molecule has 0 aliphatic rings. The van der Waals surface area contributed by atoms with E-state index in [1.54, 1.807) is 37.4 Å². The molecule has 9 heteroatoms. The van der Waals surface area contributed by atoms with E-state index in [0.29, 0.717) is 23.2 Å². The number of nitrogens with zero attached hydrogens (tertiary/aromatic N) is 3. The predicted molar refractivity (Wildman–Crippen MR) is 108 cm³/mol. The normalized spacial score (nSPS) is 11.8. The number of carboxylic acid groups (broad SMARTS) is 1. The zero-order valence-corrected chi connectivity index (χ0v) is 16.6. The molecule has 0 saturated heterocycles. The number of carbonyl (C=O) groups is 1. The summed E-state index contributed by atoms with van der Waals surface area (Å²) in [5, 5.41) is 17.0. The van der Waals surface area contributed by atoms with Gasteiger partial charge < -0.3 is 23.6 Å². The van der Waals surface area contributed by atoms with Gasteiger partial charge in [-0.1, -0.05) is 22.4 Å². The second-order valence-corrected chi connectivity index (χ2v) is 6.68. The number of hydrogen-bond donors (Lipinski definition) is 1. The lowest BCUT2D eigenvalue weighted by atomic mass is 9.92. The number of rotatable bonds is 9. The summed E-state index contributed by atoms with van der Waals surface area (Å²) in [4.78, 5) is 15.6. The van der Waals surface area contributed by atoms with Crippen LogP contribution < -0.4 is 9.47 Å². The molecule has 1 N–H and O–H groups in total. The maximum Gasteiger partial charge on any atom is 0.304 e. The fraction of sp³-hybridized carbons (Fsp3) is 0.182. The zero-order valence-electron chi connectivity index (χ0n) is 16.6. The molecular formula is C22H19N3O6. The second kappa shape index (κ2) is 9.12. The molecule has 0 radical (unpaired) electrons. The van der Waals surface area contributed by atoms with Gasteiger partial charge in [-0.3, -0.25) is 4.79 Å². The van der Waals surface area contributed by atoms with Crippen LogP contribution in [-0.2, 0) is 11.4 Å². The Balaban J connectivity index is 1.40. The van der Waals surface area contributed by atoms with Crippen molar-refractivity contribution in [1.29, 1.82) is 0 Å². The number of hydrogen-bond acceptors (Lipinski definition) is 8. The third kappa shape index (κ3) is 4.89. The van der Waals surface area contributed by atoms with Gasteiger partial charge in [0.15, 0.2) is 6.61 Å². The highest BCUT2D eigenvalue weighted by Crippen LogP contribution is 2.28. The van der Waals surface area contributed by atoms with Crippen molar-refractivity contribution in [1.82, 2.24) is 15.3 Å². The maximum atomic E-state index is 11.2. The van der Waals surface area contributed by atoms with E-state index in [9.17, 15) is 9.90 Å². The Morgan fingerprint density at radius 2 is 1.77 bits per heavy atom. The van der Waals surface area contributed by atoms with Gasteiger partial charge in [-0.2, -0.15) is 4.98 Å². The van der Waals surface area contributed by atoms with Crippen molar-refractivity contribution in [3.8, 4) is 23.0 Å². The molecule has 4 rings (SSSR count). The Morgan fingerprint density at radius 3 is 2.42 bits per heavy atom. The van der Waals surface area contributed by atoms with Crippen LogP contribution in [0.5, 0.6) is 11.5 Å². The lowest BCUT2D eigenvalue weighted by Gasteiger charge is -2.13. The van der Waals surface area contributed by atoms with Crippen molar-refractivity contribution >= 4 is 5.97 Å². The average Bonchev–Trinajstić information content (AvgIpc) is 3.49. The minimum absolute atomic E-state index is 0.0935. The molecule has 1 atom stereocenters. The molecule has 0 aliphatic heterocycles. The number of ether oxygens (including phenoxy) is 2. The number of carboxylic acids is 1. The minimum atomic E-state index is -0.918. The fourth-order valence-corrected chi connectivity index (χ4v) is 3.08. The van der Waals surface area contributed by atoms with Crippen molar-refractivity contribution in [2.45, 2.75) is 18.9 Å². The molecule has 0 saturated carbocycles. The molecule has 2 aromatic carbocycles. The van der Waals surface area contributed by atoms with Crippen molar-refractivity contribution in [2.75, 3.05) is 7.11 Å². The topological polar surface area (TPSA) is 121 Å². The van der Waals surface area contributed by atoms with Gasteiger partial charge in [0.1, 0.15) is 17.8 Å². The van der Waals surface area contributed by atoms with Crippen LogP contribution in [0.4, 0.5) is 0 Å². The van der Waals surface area contributed by atoms with Crippen molar-refractivity contribution in [3.05, 3.63) is 77.9 Å². The summed E-state index contributed by atoms with van der Waals surface area (Å²) in [6.45, 7) is 0.126. The molecule has 0 amide bonds. The van der Waals surface area contributed by atoms with Gasteiger partial charge >= 0.3 is 5.97 Å². The molecule has 158 valence electrons. The lowest BCUT2D eigenvalue weighted by Crippen LogP contribution is -2.08. The van der Waals surface area contributed by atoms with E-state index in [4.69, 9.17) is 18.5 Å². The summed E-state index contributed by atoms with van der Waals surface area (Å²) in [5.41, 5.74) is 2.14. The monoisotopic (exact) mass is 421 g/mol. The highest BCUT2D eigenvalue weighted by Gasteiger charge is 2.20. The molecule has 0 spiro atoms. The van der Waals surface area contributed by atoms with Gasteiger partial charge in [0.25, 0.3) is 5.89 Å². The van der Waals surface area contributed by atoms with Crippen molar-refractivity contribution in [3.63, 3.8) is 0 Å². The van der Waals surface area contributed by atoms with E-state index in [-0.39, 0.29) is 13.0 Å². The molecule has 9 nitrogen and oxygen atoms in total. The number of benzene rings is 2. The second-order valence-electron chi connectivity index (χ2n) is 6.68. The molecule has 0 fully saturated rings. The van der Waals surface area contributed by atoms with Crippen LogP contribution in [-0.4, -0.2) is 33.5 Å². The first-order chi connectivity index (χ1) is 15.1. The Morgan fingerprint density at radius 1 is 1.03 bits per heavy atom. The number of methoxy groups -OCH3 is 1. The van der Waals surface area contributed by atoms with Crippen LogP contribution in [0.3, 0.4) is 0 Å². The quantitative estimate of drug-likeness (QED) is 0.428. The Kier molecular flexibility index (Phi) is 5.93. The van der Waals surface area contributed by atoms with E-state index < -0.39 is 11.9 Å². The summed E-state index contributed by atoms with van der Waals surface area (Å²) in [5.74, 6) is 0.799. The minimum Gasteiger partial charge on any atom is -0.497 e. The van der Waals surface area contributed by atoms with E-state index >= 15 is 0 Å². The van der Waals surface area contributed by atoms with Gasteiger partial charge in [0.2, 0.25) is 5.82 Å². The van der Waals surface area contributed by atoms with Crippen LogP contribution in [0.15, 0.2) is 69.9 Å². The SMILES string of the molecule is COc1ccc(-c2nc(COc3ccc(C(CC(=O)O)c4ccon4)cc3)no2)cc1. The van der Waals surface area contributed by atoms with Crippen LogP contribution in [0.25, 0.3) is 11.5 Å². The smallest absolute Gasteiger partial charge is 0.304 e. The summed E-state index contributed by atoms with van der Waals surface area (Å²) < 4.78 is 21.0. The first-order valence-corrected chi connectivity index (χ1v) is 9.44. The van der Waals surface area contributed by atoms with Crippen molar-refractivity contribution < 1.29 is 28.4 Å². The van der Waals surface area contributed by atoms with E-state index in [1.165, 1.54) is 6.26 Å². The van der Waals surface area contributed by atoms with Gasteiger partial charge in [0, 0.05) is 17.5 Å². The molecule has 31 heavy (non-hydrogen) atoms. The number of aromatic nitrogens is 3. The lowest BCUT2D eigenvalue weighted by molar-refractivity contribution is -0.137. The summed E-state index contributed by atoms with van der Waals surface area (Å²) in [6, 6.07) is 16.1. The molecule has 1 unspecified atom stereocenters. The fourth-order valence-electron chi connectivity index (χ4n) is 3.08. The molecule has 2 aromatic heterocycles. The Bertz CT molecular complexity index is 1120. The van der Waals surface area contributed by atoms with E-state index in [1.807, 2.05) is 24.3 Å². The van der Waals surface area contributed by atoms with E-state index in [0.717, 1.165) is 16.9 Å². The zero-order chi connectivity index (χ0) is 21.6. The molecular weight excluding hydrogens is 402 g/mol. The third-order valence-electron chi connectivity index (χ3n) is 4.65. The van der Waals surface area contributed by atoms with Crippen LogP contribution in [0.1, 0.15) is 29.4 Å². The standard InChI is InChI=1S/C22H19N3O6/c1-28-16-6-4-15(5-7-16)22-23-20(25-31-22)13-29-17-8-2-14(3-9-17)18(12-21(26)27)19-10-11-30-24-19/h2-11,18H,12-13H2,1H3,(H,26,27). The summed E-state index contributed by atoms with van der Waals surface area (Å²) >= 11 is 0. The predicted octanol–water partition coefficient (Wildman–Crippen LogP) is 3.92. The Hall–Kier alpha value is -4.14. The van der Waals surface area contributed by atoms with Gasteiger partial charge in [0.05, 0.1) is 19.2 Å². The van der Waals surface area contributed by atoms with Gasteiger partial charge in [-0.05, 0) is 42.0 Å². The molecule has 0 bridgehead atoms. The largest absolute Gasteiger partial charge is 0.497 e. The average molecular weight is 421 g/mol. The highest BCUT2D eigenvalue weighted by atomic mass is 16.5. The first-order valence-electron chi connectivity index (χ1n) is 9.44. The van der Waals surface area contributed by atoms with Gasteiger partial charge in [-0.15, -0.1) is 0 Å². The Labute approximate surface area is 177 Å². The van der Waals surface area contributed by atoms with Crippen LogP contribution in [0.2, 0.25) is 0 Å². The van der Waals surface area contributed by atoms with E-state index in [2.05, 4.69) is 15.3 Å². The van der Waals surface area contributed by atoms with Gasteiger partial charge in [-0.25, -0.2) is 0 Å². The maximum absolute atomic E-state index is 11.2. The first kappa shape index (κ1) is 20.1. The van der Waals surface area contributed by atoms with Crippen molar-refractivity contribution in [2.24, 2.45) is 0 Å². The van der Waals surface area contributed by atoms with Crippen LogP contribution in [0, 0.1) is 0 Å². The number of aliphatic carboxylic acids is 1. The van der Waals surface area contributed by atoms with Crippen LogP contribution >= 0.6 is 0 Å². The molecule has 2 heterocycles.